The Hall–Kier alpha value is -2.19. The van der Waals surface area contributed by atoms with Gasteiger partial charge in [-0.2, -0.15) is 0 Å². The van der Waals surface area contributed by atoms with Crippen LogP contribution in [0.4, 0.5) is 0 Å². The zero-order valence-corrected chi connectivity index (χ0v) is 11.7. The van der Waals surface area contributed by atoms with Crippen molar-refractivity contribution >= 4 is 11.8 Å². The van der Waals surface area contributed by atoms with Crippen molar-refractivity contribution in [3.8, 4) is 16.9 Å². The summed E-state index contributed by atoms with van der Waals surface area (Å²) in [6, 6.07) is 26.0. The molecule has 0 aliphatic rings. The van der Waals surface area contributed by atoms with E-state index in [-0.39, 0.29) is 0 Å². The first-order chi connectivity index (χ1) is 9.83. The maximum atomic E-state index is 10.0. The molecule has 3 rings (SSSR count). The van der Waals surface area contributed by atoms with Crippen LogP contribution in [-0.4, -0.2) is 5.11 Å². The van der Waals surface area contributed by atoms with Crippen LogP contribution in [-0.2, 0) is 0 Å². The van der Waals surface area contributed by atoms with Gasteiger partial charge in [-0.15, -0.1) is 0 Å². The molecule has 0 aromatic heterocycles. The lowest BCUT2D eigenvalue weighted by Gasteiger charge is -2.08. The quantitative estimate of drug-likeness (QED) is 0.709. The monoisotopic (exact) mass is 278 g/mol. The number of aromatic hydroxyl groups is 1. The number of rotatable bonds is 3. The minimum atomic E-state index is 0.318. The average molecular weight is 278 g/mol. The van der Waals surface area contributed by atoms with E-state index < -0.39 is 0 Å². The third kappa shape index (κ3) is 2.86. The molecule has 98 valence electrons. The topological polar surface area (TPSA) is 20.2 Å². The van der Waals surface area contributed by atoms with Crippen LogP contribution in [0.15, 0.2) is 88.7 Å². The van der Waals surface area contributed by atoms with Crippen LogP contribution in [0.25, 0.3) is 11.1 Å². The van der Waals surface area contributed by atoms with Gasteiger partial charge in [0.25, 0.3) is 0 Å². The molecular formula is C18H14OS. The third-order valence-electron chi connectivity index (χ3n) is 3.04. The summed E-state index contributed by atoms with van der Waals surface area (Å²) in [7, 11) is 0. The largest absolute Gasteiger partial charge is 0.507 e. The summed E-state index contributed by atoms with van der Waals surface area (Å²) in [6.07, 6.45) is 0. The summed E-state index contributed by atoms with van der Waals surface area (Å²) in [4.78, 5) is 1.99. The minimum absolute atomic E-state index is 0.318. The Kier molecular flexibility index (Phi) is 3.75. The van der Waals surface area contributed by atoms with Gasteiger partial charge in [-0.05, 0) is 35.4 Å². The molecule has 0 bridgehead atoms. The first-order valence-corrected chi connectivity index (χ1v) is 7.26. The summed E-state index contributed by atoms with van der Waals surface area (Å²) >= 11 is 1.57. The van der Waals surface area contributed by atoms with E-state index in [1.807, 2.05) is 60.7 Å². The van der Waals surface area contributed by atoms with Crippen molar-refractivity contribution in [2.45, 2.75) is 9.79 Å². The first kappa shape index (κ1) is 12.8. The number of hydrogen-bond acceptors (Lipinski definition) is 2. The molecule has 0 amide bonds. The summed E-state index contributed by atoms with van der Waals surface area (Å²) in [5.74, 6) is 0.318. The normalized spacial score (nSPS) is 10.4. The Morgan fingerprint density at radius 1 is 0.650 bits per heavy atom. The molecule has 0 atom stereocenters. The summed E-state index contributed by atoms with van der Waals surface area (Å²) in [5, 5.41) is 10.0. The van der Waals surface area contributed by atoms with E-state index in [2.05, 4.69) is 12.1 Å². The van der Waals surface area contributed by atoms with Gasteiger partial charge in [-0.3, -0.25) is 0 Å². The second-order valence-corrected chi connectivity index (χ2v) is 5.58. The molecule has 0 radical (unpaired) electrons. The van der Waals surface area contributed by atoms with E-state index in [0.29, 0.717) is 5.75 Å². The van der Waals surface area contributed by atoms with Gasteiger partial charge in [0.05, 0.1) is 4.90 Å². The minimum Gasteiger partial charge on any atom is -0.507 e. The van der Waals surface area contributed by atoms with Crippen LogP contribution in [0.1, 0.15) is 0 Å². The highest BCUT2D eigenvalue weighted by Crippen LogP contribution is 2.36. The predicted octanol–water partition coefficient (Wildman–Crippen LogP) is 5.21. The van der Waals surface area contributed by atoms with Crippen molar-refractivity contribution in [2.24, 2.45) is 0 Å². The van der Waals surface area contributed by atoms with Gasteiger partial charge in [0.1, 0.15) is 5.75 Å². The first-order valence-electron chi connectivity index (χ1n) is 6.44. The number of benzene rings is 3. The van der Waals surface area contributed by atoms with Gasteiger partial charge in [0.15, 0.2) is 0 Å². The second kappa shape index (κ2) is 5.85. The molecule has 0 spiro atoms. The van der Waals surface area contributed by atoms with Crippen LogP contribution < -0.4 is 0 Å². The average Bonchev–Trinajstić information content (AvgIpc) is 2.51. The molecule has 0 unspecified atom stereocenters. The smallest absolute Gasteiger partial charge is 0.129 e. The van der Waals surface area contributed by atoms with E-state index in [1.165, 1.54) is 0 Å². The lowest BCUT2D eigenvalue weighted by Crippen LogP contribution is -1.80. The van der Waals surface area contributed by atoms with Crippen LogP contribution in [0.3, 0.4) is 0 Å². The second-order valence-electron chi connectivity index (χ2n) is 4.46. The predicted molar refractivity (Wildman–Crippen MR) is 84.1 cm³/mol. The van der Waals surface area contributed by atoms with E-state index in [0.717, 1.165) is 20.9 Å². The molecule has 0 aliphatic carbocycles. The van der Waals surface area contributed by atoms with Gasteiger partial charge in [0, 0.05) is 4.90 Å². The van der Waals surface area contributed by atoms with E-state index >= 15 is 0 Å². The molecule has 3 aromatic rings. The number of hydrogen-bond donors (Lipinski definition) is 1. The molecule has 3 aromatic carbocycles. The van der Waals surface area contributed by atoms with E-state index in [1.54, 1.807) is 17.8 Å². The fourth-order valence-electron chi connectivity index (χ4n) is 2.02. The van der Waals surface area contributed by atoms with E-state index in [4.69, 9.17) is 0 Å². The van der Waals surface area contributed by atoms with Crippen molar-refractivity contribution in [2.75, 3.05) is 0 Å². The number of phenols is 1. The molecule has 0 aliphatic heterocycles. The van der Waals surface area contributed by atoms with Gasteiger partial charge < -0.3 is 5.11 Å². The Balaban J connectivity index is 1.95. The highest BCUT2D eigenvalue weighted by molar-refractivity contribution is 7.99. The summed E-state index contributed by atoms with van der Waals surface area (Å²) in [5.41, 5.74) is 2.27. The molecule has 1 nitrogen and oxygen atoms in total. The Morgan fingerprint density at radius 2 is 1.30 bits per heavy atom. The molecule has 0 heterocycles. The molecule has 1 N–H and O–H groups in total. The zero-order chi connectivity index (χ0) is 13.8. The van der Waals surface area contributed by atoms with Gasteiger partial charge in [0.2, 0.25) is 0 Å². The molecule has 0 saturated heterocycles. The zero-order valence-electron chi connectivity index (χ0n) is 10.9. The lowest BCUT2D eigenvalue weighted by molar-refractivity contribution is 0.462. The van der Waals surface area contributed by atoms with Crippen LogP contribution in [0, 0.1) is 0 Å². The van der Waals surface area contributed by atoms with Crippen LogP contribution in [0.5, 0.6) is 5.75 Å². The molecule has 0 saturated carbocycles. The van der Waals surface area contributed by atoms with Crippen LogP contribution >= 0.6 is 11.8 Å². The highest BCUT2D eigenvalue weighted by atomic mass is 32.2. The molecule has 20 heavy (non-hydrogen) atoms. The maximum Gasteiger partial charge on any atom is 0.129 e. The van der Waals surface area contributed by atoms with Crippen molar-refractivity contribution in [1.29, 1.82) is 0 Å². The Labute approximate surface area is 122 Å². The summed E-state index contributed by atoms with van der Waals surface area (Å²) < 4.78 is 0. The van der Waals surface area contributed by atoms with Crippen molar-refractivity contribution in [3.05, 3.63) is 78.9 Å². The fourth-order valence-corrected chi connectivity index (χ4v) is 2.93. The standard InChI is InChI=1S/C18H14OS/c19-17-12-11-15(14-7-3-1-4-8-14)13-18(17)20-16-9-5-2-6-10-16/h1-13,19H. The maximum absolute atomic E-state index is 10.0. The van der Waals surface area contributed by atoms with Gasteiger partial charge in [-0.1, -0.05) is 66.4 Å². The SMILES string of the molecule is Oc1ccc(-c2ccccc2)cc1Sc1ccccc1. The van der Waals surface area contributed by atoms with Gasteiger partial charge >= 0.3 is 0 Å². The molecule has 2 heteroatoms. The Morgan fingerprint density at radius 3 is 2.00 bits per heavy atom. The van der Waals surface area contributed by atoms with E-state index in [9.17, 15) is 5.11 Å². The molecule has 0 fully saturated rings. The lowest BCUT2D eigenvalue weighted by atomic mass is 10.1. The van der Waals surface area contributed by atoms with Crippen molar-refractivity contribution in [3.63, 3.8) is 0 Å². The van der Waals surface area contributed by atoms with Gasteiger partial charge in [-0.25, -0.2) is 0 Å². The fraction of sp³-hybridized carbons (Fsp3) is 0. The van der Waals surface area contributed by atoms with Crippen molar-refractivity contribution in [1.82, 2.24) is 0 Å². The van der Waals surface area contributed by atoms with Crippen molar-refractivity contribution < 1.29 is 5.11 Å². The van der Waals surface area contributed by atoms with Crippen LogP contribution in [0.2, 0.25) is 0 Å². The highest BCUT2D eigenvalue weighted by Gasteiger charge is 2.06. The number of phenolic OH excluding ortho intramolecular Hbond substituents is 1. The summed E-state index contributed by atoms with van der Waals surface area (Å²) in [6.45, 7) is 0. The Bertz CT molecular complexity index is 693. The third-order valence-corrected chi connectivity index (χ3v) is 4.09. The molecular weight excluding hydrogens is 264 g/mol.